The van der Waals surface area contributed by atoms with Crippen LogP contribution in [0.25, 0.3) is 0 Å². The van der Waals surface area contributed by atoms with Crippen LogP contribution in [-0.2, 0) is 17.5 Å². The molecule has 0 aliphatic carbocycles. The molecule has 4 nitrogen and oxygen atoms in total. The number of hydrogen-bond acceptors (Lipinski definition) is 3. The predicted octanol–water partition coefficient (Wildman–Crippen LogP) is 3.52. The Balaban J connectivity index is 2.08. The van der Waals surface area contributed by atoms with Crippen molar-refractivity contribution in [1.29, 1.82) is 0 Å². The third-order valence-corrected chi connectivity index (χ3v) is 3.14. The molecule has 0 unspecified atom stereocenters. The average molecular weight is 363 g/mol. The van der Waals surface area contributed by atoms with Crippen LogP contribution in [0.2, 0.25) is 0 Å². The highest BCUT2D eigenvalue weighted by Gasteiger charge is 2.35. The maximum absolute atomic E-state index is 12.9. The van der Waals surface area contributed by atoms with Crippen LogP contribution in [0.1, 0.15) is 15.9 Å². The second-order valence-electron chi connectivity index (χ2n) is 4.12. The van der Waals surface area contributed by atoms with Gasteiger partial charge in [-0.05, 0) is 18.2 Å². The van der Waals surface area contributed by atoms with Gasteiger partial charge in [0.05, 0.1) is 24.0 Å². The van der Waals surface area contributed by atoms with Gasteiger partial charge in [0.1, 0.15) is 6.61 Å². The average Bonchev–Trinajstić information content (AvgIpc) is 2.90. The summed E-state index contributed by atoms with van der Waals surface area (Å²) >= 11 is 2.95. The van der Waals surface area contributed by atoms with E-state index in [1.807, 2.05) is 0 Å². The third kappa shape index (κ3) is 4.07. The molecular weight excluding hydrogens is 353 g/mol. The molecule has 0 N–H and O–H groups in total. The highest BCUT2D eigenvalue weighted by Crippen LogP contribution is 2.34. The Morgan fingerprint density at radius 3 is 2.76 bits per heavy atom. The number of nitrogens with zero attached hydrogens (tertiary/aromatic N) is 2. The van der Waals surface area contributed by atoms with Crippen LogP contribution in [-0.4, -0.2) is 22.1 Å². The fourth-order valence-electron chi connectivity index (χ4n) is 1.67. The van der Waals surface area contributed by atoms with E-state index in [-0.39, 0.29) is 11.1 Å². The number of esters is 1. The molecule has 2 aromatic rings. The van der Waals surface area contributed by atoms with E-state index in [0.717, 1.165) is 12.1 Å². The van der Waals surface area contributed by atoms with Gasteiger partial charge < -0.3 is 9.30 Å². The fourth-order valence-corrected chi connectivity index (χ4v) is 2.03. The van der Waals surface area contributed by atoms with Gasteiger partial charge >= 0.3 is 12.1 Å². The van der Waals surface area contributed by atoms with Gasteiger partial charge in [-0.1, -0.05) is 15.9 Å². The van der Waals surface area contributed by atoms with Gasteiger partial charge in [-0.25, -0.2) is 9.78 Å². The summed E-state index contributed by atoms with van der Waals surface area (Å²) in [5.74, 6) is -1.00. The third-order valence-electron chi connectivity index (χ3n) is 2.65. The van der Waals surface area contributed by atoms with Crippen LogP contribution < -0.4 is 0 Å². The summed E-state index contributed by atoms with van der Waals surface area (Å²) in [4.78, 5) is 15.6. The first-order valence-corrected chi connectivity index (χ1v) is 6.67. The Bertz CT molecular complexity index is 627. The lowest BCUT2D eigenvalue weighted by molar-refractivity contribution is -0.138. The van der Waals surface area contributed by atoms with Crippen molar-refractivity contribution in [3.05, 3.63) is 52.5 Å². The maximum Gasteiger partial charge on any atom is 0.417 e. The van der Waals surface area contributed by atoms with E-state index in [1.165, 1.54) is 12.4 Å². The largest absolute Gasteiger partial charge is 0.460 e. The molecule has 1 heterocycles. The van der Waals surface area contributed by atoms with Gasteiger partial charge in [-0.3, -0.25) is 0 Å². The molecule has 0 spiro atoms. The van der Waals surface area contributed by atoms with E-state index < -0.39 is 23.3 Å². The molecule has 0 saturated heterocycles. The highest BCUT2D eigenvalue weighted by atomic mass is 79.9. The summed E-state index contributed by atoms with van der Waals surface area (Å²) in [7, 11) is 0. The molecule has 2 rings (SSSR count). The Kier molecular flexibility index (Phi) is 4.66. The number of aromatic nitrogens is 2. The molecule has 0 bridgehead atoms. The van der Waals surface area contributed by atoms with Crippen LogP contribution in [0, 0.1) is 0 Å². The summed E-state index contributed by atoms with van der Waals surface area (Å²) < 4.78 is 45.4. The van der Waals surface area contributed by atoms with E-state index in [2.05, 4.69) is 20.9 Å². The van der Waals surface area contributed by atoms with Gasteiger partial charge in [0.2, 0.25) is 0 Å². The Morgan fingerprint density at radius 1 is 1.38 bits per heavy atom. The van der Waals surface area contributed by atoms with Gasteiger partial charge in [0.25, 0.3) is 0 Å². The second-order valence-corrected chi connectivity index (χ2v) is 5.04. The lowest BCUT2D eigenvalue weighted by Gasteiger charge is -2.13. The fraction of sp³-hybridized carbons (Fsp3) is 0.231. The minimum Gasteiger partial charge on any atom is -0.460 e. The number of hydrogen-bond donors (Lipinski definition) is 0. The van der Waals surface area contributed by atoms with E-state index in [4.69, 9.17) is 4.74 Å². The second kappa shape index (κ2) is 6.30. The zero-order valence-electron chi connectivity index (χ0n) is 10.6. The first-order chi connectivity index (χ1) is 9.88. The van der Waals surface area contributed by atoms with Crippen molar-refractivity contribution in [3.63, 3.8) is 0 Å². The Labute approximate surface area is 126 Å². The molecule has 0 fully saturated rings. The standard InChI is InChI=1S/C13H10BrF3N2O2/c14-9-1-2-10(11(7-9)13(15,16)17)12(20)21-6-5-19-4-3-18-8-19/h1-4,7-8H,5-6H2. The number of carbonyl (C=O) groups is 1. The van der Waals surface area contributed by atoms with Crippen LogP contribution in [0.4, 0.5) is 13.2 Å². The Hall–Kier alpha value is -1.83. The highest BCUT2D eigenvalue weighted by molar-refractivity contribution is 9.10. The number of benzene rings is 1. The molecule has 1 aromatic heterocycles. The minimum absolute atomic E-state index is 0.0391. The van der Waals surface area contributed by atoms with E-state index in [0.29, 0.717) is 6.54 Å². The van der Waals surface area contributed by atoms with Crippen molar-refractivity contribution in [3.8, 4) is 0 Å². The van der Waals surface area contributed by atoms with Gasteiger partial charge in [-0.2, -0.15) is 13.2 Å². The molecule has 0 aliphatic rings. The number of carbonyl (C=O) groups excluding carboxylic acids is 1. The van der Waals surface area contributed by atoms with Gasteiger partial charge in [-0.15, -0.1) is 0 Å². The quantitative estimate of drug-likeness (QED) is 0.781. The summed E-state index contributed by atoms with van der Waals surface area (Å²) in [6.07, 6.45) is 0.115. The summed E-state index contributed by atoms with van der Waals surface area (Å²) in [5.41, 5.74) is -1.53. The monoisotopic (exact) mass is 362 g/mol. The maximum atomic E-state index is 12.9. The molecule has 112 valence electrons. The number of imidazole rings is 1. The molecule has 0 radical (unpaired) electrons. The molecule has 0 aliphatic heterocycles. The summed E-state index contributed by atoms with van der Waals surface area (Å²) in [5, 5.41) is 0. The van der Waals surface area contributed by atoms with Crippen LogP contribution >= 0.6 is 15.9 Å². The molecule has 0 saturated carbocycles. The first kappa shape index (κ1) is 15.6. The van der Waals surface area contributed by atoms with Crippen LogP contribution in [0.5, 0.6) is 0 Å². The lowest BCUT2D eigenvalue weighted by atomic mass is 10.1. The van der Waals surface area contributed by atoms with E-state index in [1.54, 1.807) is 17.0 Å². The number of ether oxygens (including phenoxy) is 1. The number of alkyl halides is 3. The first-order valence-electron chi connectivity index (χ1n) is 5.87. The molecule has 0 amide bonds. The normalized spacial score (nSPS) is 11.4. The van der Waals surface area contributed by atoms with Crippen molar-refractivity contribution in [2.24, 2.45) is 0 Å². The van der Waals surface area contributed by atoms with Crippen LogP contribution in [0.3, 0.4) is 0 Å². The lowest BCUT2D eigenvalue weighted by Crippen LogP contribution is -2.17. The zero-order chi connectivity index (χ0) is 15.5. The van der Waals surface area contributed by atoms with Gasteiger partial charge in [0, 0.05) is 16.9 Å². The molecule has 21 heavy (non-hydrogen) atoms. The number of rotatable bonds is 4. The van der Waals surface area contributed by atoms with E-state index >= 15 is 0 Å². The number of halogens is 4. The molecule has 1 aromatic carbocycles. The van der Waals surface area contributed by atoms with Crippen molar-refractivity contribution in [2.75, 3.05) is 6.61 Å². The minimum atomic E-state index is -4.62. The summed E-state index contributed by atoms with van der Waals surface area (Å²) in [6, 6.07) is 3.31. The predicted molar refractivity (Wildman–Crippen MR) is 71.7 cm³/mol. The van der Waals surface area contributed by atoms with Crippen molar-refractivity contribution in [1.82, 2.24) is 9.55 Å². The van der Waals surface area contributed by atoms with Crippen molar-refractivity contribution in [2.45, 2.75) is 12.7 Å². The Morgan fingerprint density at radius 2 is 2.14 bits per heavy atom. The summed E-state index contributed by atoms with van der Waals surface area (Å²) in [6.45, 7) is 0.284. The van der Waals surface area contributed by atoms with Crippen molar-refractivity contribution < 1.29 is 22.7 Å². The van der Waals surface area contributed by atoms with Crippen molar-refractivity contribution >= 4 is 21.9 Å². The van der Waals surface area contributed by atoms with Crippen LogP contribution in [0.15, 0.2) is 41.4 Å². The van der Waals surface area contributed by atoms with Gasteiger partial charge in [0.15, 0.2) is 0 Å². The molecular formula is C13H10BrF3N2O2. The SMILES string of the molecule is O=C(OCCn1ccnc1)c1ccc(Br)cc1C(F)(F)F. The molecule has 0 atom stereocenters. The van der Waals surface area contributed by atoms with E-state index in [9.17, 15) is 18.0 Å². The zero-order valence-corrected chi connectivity index (χ0v) is 12.2. The topological polar surface area (TPSA) is 44.1 Å². The smallest absolute Gasteiger partial charge is 0.417 e. The molecule has 8 heteroatoms.